The Morgan fingerprint density at radius 3 is 2.74 bits per heavy atom. The number of alkyl halides is 4. The van der Waals surface area contributed by atoms with E-state index in [0.29, 0.717) is 24.3 Å². The molecule has 0 amide bonds. The Kier molecular flexibility index (Phi) is 8.50. The fourth-order valence-corrected chi connectivity index (χ4v) is 8.48. The Morgan fingerprint density at radius 1 is 1.24 bits per heavy atom. The van der Waals surface area contributed by atoms with E-state index in [-0.39, 0.29) is 69.5 Å². The van der Waals surface area contributed by atoms with Gasteiger partial charge in [0.25, 0.3) is 0 Å². The molecule has 0 aliphatic carbocycles. The van der Waals surface area contributed by atoms with E-state index in [0.717, 1.165) is 30.2 Å². The summed E-state index contributed by atoms with van der Waals surface area (Å²) in [5, 5.41) is 9.25. The van der Waals surface area contributed by atoms with E-state index in [9.17, 15) is 14.0 Å². The van der Waals surface area contributed by atoms with Gasteiger partial charge in [0, 0.05) is 48.2 Å². The van der Waals surface area contributed by atoms with Gasteiger partial charge in [-0.05, 0) is 62.6 Å². The van der Waals surface area contributed by atoms with E-state index >= 15 is 17.6 Å². The van der Waals surface area contributed by atoms with Crippen molar-refractivity contribution in [2.75, 3.05) is 36.9 Å². The number of nitriles is 1. The number of hydrogen-bond acceptors (Lipinski definition) is 9. The molecule has 3 unspecified atom stereocenters. The molecule has 15 heteroatoms. The highest BCUT2D eigenvalue weighted by Gasteiger charge is 2.49. The number of hydrogen-bond donors (Lipinski definition) is 1. The maximum Gasteiger partial charge on any atom is 0.417 e. The van der Waals surface area contributed by atoms with Gasteiger partial charge in [-0.2, -0.15) is 28.4 Å². The van der Waals surface area contributed by atoms with Gasteiger partial charge < -0.3 is 15.4 Å². The van der Waals surface area contributed by atoms with Crippen LogP contribution in [0.5, 0.6) is 6.01 Å². The van der Waals surface area contributed by atoms with Gasteiger partial charge in [-0.1, -0.05) is 12.1 Å². The summed E-state index contributed by atoms with van der Waals surface area (Å²) < 4.78 is 97.6. The Labute approximate surface area is 287 Å². The molecule has 0 spiro atoms. The van der Waals surface area contributed by atoms with Gasteiger partial charge in [0.15, 0.2) is 5.82 Å². The van der Waals surface area contributed by atoms with Gasteiger partial charge in [-0.25, -0.2) is 13.2 Å². The van der Waals surface area contributed by atoms with Crippen LogP contribution in [0.2, 0.25) is 0 Å². The fourth-order valence-electron chi connectivity index (χ4n) is 7.53. The highest BCUT2D eigenvalue weighted by molar-refractivity contribution is 7.23. The Hall–Kier alpha value is -4.68. The van der Waals surface area contributed by atoms with Crippen molar-refractivity contribution in [3.8, 4) is 23.2 Å². The maximum absolute atomic E-state index is 17.1. The van der Waals surface area contributed by atoms with Crippen LogP contribution in [0.15, 0.2) is 42.7 Å². The molecule has 260 valence electrons. The summed E-state index contributed by atoms with van der Waals surface area (Å²) in [6.45, 7) is 4.80. The van der Waals surface area contributed by atoms with Crippen molar-refractivity contribution in [1.29, 1.82) is 5.26 Å². The molecule has 2 N–H and O–H groups in total. The molecule has 2 aliphatic rings. The van der Waals surface area contributed by atoms with Crippen LogP contribution in [0.1, 0.15) is 55.8 Å². The maximum atomic E-state index is 17.1. The second kappa shape index (κ2) is 12.6. The van der Waals surface area contributed by atoms with Crippen molar-refractivity contribution >= 4 is 43.1 Å². The number of aromatic nitrogens is 3. The summed E-state index contributed by atoms with van der Waals surface area (Å²) in [6, 6.07) is 7.30. The van der Waals surface area contributed by atoms with Crippen LogP contribution >= 0.6 is 11.3 Å². The van der Waals surface area contributed by atoms with Crippen LogP contribution in [0.25, 0.3) is 32.1 Å². The largest absolute Gasteiger partial charge is 0.461 e. The number of nitrogens with zero attached hydrogens (tertiary/aromatic N) is 6. The highest BCUT2D eigenvalue weighted by Crippen LogP contribution is 2.48. The zero-order valence-electron chi connectivity index (χ0n) is 27.0. The summed E-state index contributed by atoms with van der Waals surface area (Å²) in [4.78, 5) is 16.8. The smallest absolute Gasteiger partial charge is 0.417 e. The molecule has 3 atom stereocenters. The van der Waals surface area contributed by atoms with Crippen molar-refractivity contribution in [3.05, 3.63) is 71.1 Å². The van der Waals surface area contributed by atoms with Crippen LogP contribution in [-0.2, 0) is 6.18 Å². The van der Waals surface area contributed by atoms with Gasteiger partial charge in [0.05, 0.1) is 27.4 Å². The molecule has 3 aromatic heterocycles. The SMILES string of the molecule is CCN(c1nc(OCC23CCCN2CC(F)C3)nc2c(F)c(-c3ccc(F)c4sc(N)c(C#N)c34)c(C(F)(F)F)cc12)C(C)c1cccnc1. The average Bonchev–Trinajstić information content (AvgIpc) is 3.74. The van der Waals surface area contributed by atoms with Crippen LogP contribution < -0.4 is 15.4 Å². The normalized spacial score (nSPS) is 19.9. The predicted octanol–water partition coefficient (Wildman–Crippen LogP) is 8.20. The summed E-state index contributed by atoms with van der Waals surface area (Å²) >= 11 is 0.689. The number of ether oxygens (including phenoxy) is 1. The molecule has 0 radical (unpaired) electrons. The number of pyridine rings is 1. The Balaban J connectivity index is 1.48. The third-order valence-electron chi connectivity index (χ3n) is 9.87. The topological polar surface area (TPSA) is 104 Å². The minimum absolute atomic E-state index is 0.00391. The lowest BCUT2D eigenvalue weighted by molar-refractivity contribution is -0.137. The standard InChI is InChI=1S/C35H31F6N7OS/c1-3-48(18(2)19-6-4-10-44-15-19)32-22-12-24(35(39,40)41)27(21-7-8-25(37)30-26(21)23(14-42)31(43)50-30)28(38)29(22)45-33(46-32)49-17-34-9-5-11-47(34)16-20(36)13-34/h4,6-8,10,12,15,18,20H,3,5,9,11,13,16-17,43H2,1-2H3. The van der Waals surface area contributed by atoms with Crippen LogP contribution in [0.3, 0.4) is 0 Å². The number of anilines is 2. The van der Waals surface area contributed by atoms with Crippen molar-refractivity contribution in [2.45, 2.75) is 57.0 Å². The van der Waals surface area contributed by atoms with Crippen molar-refractivity contribution in [2.24, 2.45) is 0 Å². The molecular weight excluding hydrogens is 680 g/mol. The third kappa shape index (κ3) is 5.54. The highest BCUT2D eigenvalue weighted by atomic mass is 32.1. The van der Waals surface area contributed by atoms with Gasteiger partial charge in [-0.3, -0.25) is 9.88 Å². The molecule has 0 saturated carbocycles. The molecule has 50 heavy (non-hydrogen) atoms. The zero-order chi connectivity index (χ0) is 35.5. The minimum Gasteiger partial charge on any atom is -0.461 e. The first-order valence-electron chi connectivity index (χ1n) is 16.1. The van der Waals surface area contributed by atoms with E-state index in [1.165, 1.54) is 0 Å². The van der Waals surface area contributed by atoms with Gasteiger partial charge in [-0.15, -0.1) is 11.3 Å². The van der Waals surface area contributed by atoms with E-state index < -0.39 is 52.2 Å². The molecule has 5 heterocycles. The summed E-state index contributed by atoms with van der Waals surface area (Å²) in [5.41, 5.74) is 2.70. The Morgan fingerprint density at radius 2 is 2.04 bits per heavy atom. The summed E-state index contributed by atoms with van der Waals surface area (Å²) in [6.07, 6.45) is -1.18. The first-order valence-corrected chi connectivity index (χ1v) is 16.9. The lowest BCUT2D eigenvalue weighted by Gasteiger charge is -2.32. The molecular formula is C35H31F6N7OS. The van der Waals surface area contributed by atoms with E-state index in [2.05, 4.69) is 15.0 Å². The lowest BCUT2D eigenvalue weighted by Crippen LogP contribution is -2.43. The average molecular weight is 712 g/mol. The molecule has 2 aromatic carbocycles. The molecule has 7 rings (SSSR count). The summed E-state index contributed by atoms with van der Waals surface area (Å²) in [5.74, 6) is -2.19. The van der Waals surface area contributed by atoms with Gasteiger partial charge in [0.2, 0.25) is 0 Å². The number of halogens is 6. The third-order valence-corrected chi connectivity index (χ3v) is 10.9. The number of nitrogen functional groups attached to an aromatic ring is 1. The van der Waals surface area contributed by atoms with Crippen molar-refractivity contribution in [3.63, 3.8) is 0 Å². The number of benzene rings is 2. The fraction of sp³-hybridized carbons (Fsp3) is 0.371. The second-order valence-electron chi connectivity index (χ2n) is 12.7. The molecule has 5 aromatic rings. The van der Waals surface area contributed by atoms with Gasteiger partial charge in [0.1, 0.15) is 41.0 Å². The number of fused-ring (bicyclic) bond motifs is 3. The van der Waals surface area contributed by atoms with Crippen LogP contribution in [0.4, 0.5) is 37.2 Å². The number of nitrogens with two attached hydrogens (primary N) is 1. The first kappa shape index (κ1) is 33.8. The lowest BCUT2D eigenvalue weighted by atomic mass is 9.92. The number of thiophene rings is 1. The summed E-state index contributed by atoms with van der Waals surface area (Å²) in [7, 11) is 0. The van der Waals surface area contributed by atoms with E-state index in [4.69, 9.17) is 10.5 Å². The van der Waals surface area contributed by atoms with E-state index in [1.807, 2.05) is 17.9 Å². The molecule has 0 bridgehead atoms. The molecule has 2 saturated heterocycles. The van der Waals surface area contributed by atoms with Gasteiger partial charge >= 0.3 is 12.2 Å². The zero-order valence-corrected chi connectivity index (χ0v) is 27.8. The van der Waals surface area contributed by atoms with Crippen LogP contribution in [0, 0.1) is 23.0 Å². The molecule has 2 aliphatic heterocycles. The number of rotatable bonds is 8. The quantitative estimate of drug-likeness (QED) is 0.161. The van der Waals surface area contributed by atoms with Crippen molar-refractivity contribution in [1.82, 2.24) is 19.9 Å². The molecule has 8 nitrogen and oxygen atoms in total. The predicted molar refractivity (Wildman–Crippen MR) is 179 cm³/mol. The molecule has 2 fully saturated rings. The van der Waals surface area contributed by atoms with Crippen LogP contribution in [-0.4, -0.2) is 57.8 Å². The monoisotopic (exact) mass is 711 g/mol. The van der Waals surface area contributed by atoms with Crippen molar-refractivity contribution < 1.29 is 31.1 Å². The van der Waals surface area contributed by atoms with E-state index in [1.54, 1.807) is 36.4 Å². The first-order chi connectivity index (χ1) is 23.9. The second-order valence-corrected chi connectivity index (χ2v) is 13.8. The minimum atomic E-state index is -5.10. The Bertz CT molecular complexity index is 2150.